The molecule has 1 aromatic carbocycles. The molecule has 5 nitrogen and oxygen atoms in total. The molecular weight excluding hydrogens is 290 g/mol. The summed E-state index contributed by atoms with van der Waals surface area (Å²) >= 11 is 0. The fourth-order valence-electron chi connectivity index (χ4n) is 3.55. The van der Waals surface area contributed by atoms with Gasteiger partial charge in [0.1, 0.15) is 5.60 Å². The molecule has 0 aliphatic heterocycles. The Balaban J connectivity index is 1.67. The molecule has 0 fully saturated rings. The summed E-state index contributed by atoms with van der Waals surface area (Å²) in [5.74, 6) is 0. The van der Waals surface area contributed by atoms with Crippen LogP contribution in [0, 0.1) is 13.8 Å². The van der Waals surface area contributed by atoms with Crippen molar-refractivity contribution in [1.82, 2.24) is 15.1 Å². The highest BCUT2D eigenvalue weighted by molar-refractivity contribution is 5.37. The van der Waals surface area contributed by atoms with Crippen molar-refractivity contribution in [3.8, 4) is 0 Å². The van der Waals surface area contributed by atoms with Crippen LogP contribution >= 0.6 is 0 Å². The van der Waals surface area contributed by atoms with Gasteiger partial charge in [0.05, 0.1) is 18.8 Å². The summed E-state index contributed by atoms with van der Waals surface area (Å²) < 4.78 is 1.84. The fourth-order valence-corrected chi connectivity index (χ4v) is 3.55. The summed E-state index contributed by atoms with van der Waals surface area (Å²) in [4.78, 5) is 0. The molecule has 2 aromatic rings. The zero-order valence-corrected chi connectivity index (χ0v) is 13.8. The van der Waals surface area contributed by atoms with Crippen LogP contribution in [0.1, 0.15) is 34.5 Å². The summed E-state index contributed by atoms with van der Waals surface area (Å²) in [6.07, 6.45) is 1.70. The minimum absolute atomic E-state index is 0.0887. The van der Waals surface area contributed by atoms with E-state index in [0.717, 1.165) is 35.4 Å². The quantitative estimate of drug-likeness (QED) is 0.754. The molecule has 3 N–H and O–H groups in total. The van der Waals surface area contributed by atoms with Gasteiger partial charge in [-0.3, -0.25) is 4.68 Å². The number of aliphatic hydroxyl groups is 2. The van der Waals surface area contributed by atoms with Crippen LogP contribution in [-0.2, 0) is 25.1 Å². The zero-order valence-electron chi connectivity index (χ0n) is 13.8. The first-order valence-electron chi connectivity index (χ1n) is 8.20. The maximum absolute atomic E-state index is 10.9. The third-order valence-electron chi connectivity index (χ3n) is 4.89. The Bertz CT molecular complexity index is 696. The second-order valence-electron chi connectivity index (χ2n) is 6.39. The van der Waals surface area contributed by atoms with E-state index in [0.29, 0.717) is 19.6 Å². The van der Waals surface area contributed by atoms with Crippen molar-refractivity contribution in [2.24, 2.45) is 0 Å². The van der Waals surface area contributed by atoms with Crippen LogP contribution in [0.3, 0.4) is 0 Å². The monoisotopic (exact) mass is 315 g/mol. The largest absolute Gasteiger partial charge is 0.394 e. The van der Waals surface area contributed by atoms with Gasteiger partial charge in [-0.2, -0.15) is 5.10 Å². The van der Waals surface area contributed by atoms with E-state index < -0.39 is 5.60 Å². The third kappa shape index (κ3) is 3.04. The molecule has 0 spiro atoms. The lowest BCUT2D eigenvalue weighted by Gasteiger charge is -2.24. The highest BCUT2D eigenvalue weighted by Gasteiger charge is 2.35. The van der Waals surface area contributed by atoms with Crippen LogP contribution in [0.15, 0.2) is 24.3 Å². The van der Waals surface area contributed by atoms with Crippen molar-refractivity contribution < 1.29 is 10.2 Å². The lowest BCUT2D eigenvalue weighted by Crippen LogP contribution is -2.36. The second kappa shape index (κ2) is 6.43. The van der Waals surface area contributed by atoms with Crippen molar-refractivity contribution >= 4 is 0 Å². The Kier molecular flexibility index (Phi) is 4.53. The number of nitrogens with one attached hydrogen (secondary N) is 1. The highest BCUT2D eigenvalue weighted by atomic mass is 16.3. The minimum Gasteiger partial charge on any atom is -0.394 e. The first-order valence-corrected chi connectivity index (χ1v) is 8.20. The van der Waals surface area contributed by atoms with E-state index in [1.54, 1.807) is 0 Å². The van der Waals surface area contributed by atoms with E-state index in [2.05, 4.69) is 16.5 Å². The number of hydrogen-bond donors (Lipinski definition) is 3. The molecule has 1 unspecified atom stereocenters. The molecule has 3 rings (SSSR count). The lowest BCUT2D eigenvalue weighted by molar-refractivity contribution is 0.0384. The van der Waals surface area contributed by atoms with Crippen molar-refractivity contribution in [3.63, 3.8) is 0 Å². The predicted octanol–water partition coefficient (Wildman–Crippen LogP) is 1.42. The normalized spacial score (nSPS) is 20.0. The van der Waals surface area contributed by atoms with E-state index in [-0.39, 0.29) is 6.61 Å². The summed E-state index contributed by atoms with van der Waals surface area (Å²) in [6, 6.07) is 8.14. The number of aromatic nitrogens is 2. The number of benzene rings is 1. The fraction of sp³-hybridized carbons (Fsp3) is 0.500. The molecule has 1 aromatic heterocycles. The van der Waals surface area contributed by atoms with Gasteiger partial charge >= 0.3 is 0 Å². The molecule has 1 aliphatic rings. The average molecular weight is 315 g/mol. The minimum atomic E-state index is -0.778. The van der Waals surface area contributed by atoms with Crippen LogP contribution in [-0.4, -0.2) is 33.1 Å². The Morgan fingerprint density at radius 3 is 2.87 bits per heavy atom. The standard InChI is InChI=1S/C18H25N3O2/c1-13-16(14(2)21(20-13)9-10-22)11-19-12-18(23)8-7-15-5-3-4-6-17(15)18/h3-6,19,22-23H,7-12H2,1-2H3. The Morgan fingerprint density at radius 2 is 2.09 bits per heavy atom. The maximum Gasteiger partial charge on any atom is 0.103 e. The van der Waals surface area contributed by atoms with Crippen molar-refractivity contribution in [1.29, 1.82) is 0 Å². The van der Waals surface area contributed by atoms with Gasteiger partial charge in [-0.25, -0.2) is 0 Å². The number of rotatable bonds is 6. The molecular formula is C18H25N3O2. The topological polar surface area (TPSA) is 70.3 Å². The van der Waals surface area contributed by atoms with Gasteiger partial charge in [-0.1, -0.05) is 24.3 Å². The maximum atomic E-state index is 10.9. The third-order valence-corrected chi connectivity index (χ3v) is 4.89. The van der Waals surface area contributed by atoms with E-state index in [1.807, 2.05) is 36.7 Å². The molecule has 0 amide bonds. The molecule has 124 valence electrons. The summed E-state index contributed by atoms with van der Waals surface area (Å²) in [5, 5.41) is 27.9. The molecule has 5 heteroatoms. The number of nitrogens with zero attached hydrogens (tertiary/aromatic N) is 2. The van der Waals surface area contributed by atoms with Gasteiger partial charge in [-0.05, 0) is 37.8 Å². The van der Waals surface area contributed by atoms with E-state index >= 15 is 0 Å². The highest BCUT2D eigenvalue weighted by Crippen LogP contribution is 2.36. The molecule has 1 atom stereocenters. The summed E-state index contributed by atoms with van der Waals surface area (Å²) in [5.41, 5.74) is 4.72. The van der Waals surface area contributed by atoms with E-state index in [9.17, 15) is 5.11 Å². The smallest absolute Gasteiger partial charge is 0.103 e. The number of aliphatic hydroxyl groups excluding tert-OH is 1. The van der Waals surface area contributed by atoms with Crippen molar-refractivity contribution in [2.45, 2.75) is 45.4 Å². The van der Waals surface area contributed by atoms with E-state index in [1.165, 1.54) is 5.56 Å². The average Bonchev–Trinajstić information content (AvgIpc) is 3.01. The second-order valence-corrected chi connectivity index (χ2v) is 6.39. The van der Waals surface area contributed by atoms with Gasteiger partial charge < -0.3 is 15.5 Å². The van der Waals surface area contributed by atoms with Crippen molar-refractivity contribution in [3.05, 3.63) is 52.3 Å². The van der Waals surface area contributed by atoms with Crippen molar-refractivity contribution in [2.75, 3.05) is 13.2 Å². The molecule has 1 heterocycles. The van der Waals surface area contributed by atoms with Gasteiger partial charge in [-0.15, -0.1) is 0 Å². The number of aryl methyl sites for hydroxylation is 2. The molecule has 0 bridgehead atoms. The zero-order chi connectivity index (χ0) is 16.4. The van der Waals surface area contributed by atoms with Crippen LogP contribution in [0.4, 0.5) is 0 Å². The molecule has 0 radical (unpaired) electrons. The van der Waals surface area contributed by atoms with Crippen LogP contribution in [0.25, 0.3) is 0 Å². The Morgan fingerprint density at radius 1 is 1.30 bits per heavy atom. The molecule has 23 heavy (non-hydrogen) atoms. The molecule has 1 aliphatic carbocycles. The predicted molar refractivity (Wildman–Crippen MR) is 89.2 cm³/mol. The SMILES string of the molecule is Cc1nn(CCO)c(C)c1CNCC1(O)CCc2ccccc21. The first-order chi connectivity index (χ1) is 11.0. The van der Waals surface area contributed by atoms with Gasteiger partial charge in [0, 0.05) is 24.3 Å². The van der Waals surface area contributed by atoms with Gasteiger partial charge in [0.25, 0.3) is 0 Å². The van der Waals surface area contributed by atoms with Gasteiger partial charge in [0.15, 0.2) is 0 Å². The molecule has 0 saturated heterocycles. The Hall–Kier alpha value is -1.69. The molecule has 0 saturated carbocycles. The Labute approximate surface area is 137 Å². The van der Waals surface area contributed by atoms with Crippen LogP contribution in [0.5, 0.6) is 0 Å². The van der Waals surface area contributed by atoms with Crippen LogP contribution in [0.2, 0.25) is 0 Å². The van der Waals surface area contributed by atoms with E-state index in [4.69, 9.17) is 5.11 Å². The van der Waals surface area contributed by atoms with Crippen LogP contribution < -0.4 is 5.32 Å². The lowest BCUT2D eigenvalue weighted by atomic mass is 9.96. The summed E-state index contributed by atoms with van der Waals surface area (Å²) in [7, 11) is 0. The number of hydrogen-bond acceptors (Lipinski definition) is 4. The number of fused-ring (bicyclic) bond motifs is 1. The summed E-state index contributed by atoms with van der Waals surface area (Å²) in [6.45, 7) is 5.82. The van der Waals surface area contributed by atoms with Gasteiger partial charge in [0.2, 0.25) is 0 Å². The first kappa shape index (κ1) is 16.2.